The molecule has 9 aromatic carbocycles. The molecule has 0 aliphatic rings. The number of fused-ring (bicyclic) bond motifs is 5. The first kappa shape index (κ1) is 30.0. The van der Waals surface area contributed by atoms with Crippen LogP contribution in [0.15, 0.2) is 206 Å². The number of benzene rings is 9. The average Bonchev–Trinajstić information content (AvgIpc) is 3.55. The van der Waals surface area contributed by atoms with Gasteiger partial charge in [-0.2, -0.15) is 0 Å². The van der Waals surface area contributed by atoms with E-state index in [1.54, 1.807) is 0 Å². The summed E-state index contributed by atoms with van der Waals surface area (Å²) in [6.45, 7) is 0. The molecule has 1 heterocycles. The summed E-state index contributed by atoms with van der Waals surface area (Å²) in [6, 6.07) is 74.6. The van der Waals surface area contributed by atoms with Crippen molar-refractivity contribution >= 4 is 60.4 Å². The number of hydrogen-bond donors (Lipinski definition) is 0. The van der Waals surface area contributed by atoms with Gasteiger partial charge in [-0.1, -0.05) is 146 Å². The minimum Gasteiger partial charge on any atom is -0.310 e. The third-order valence-corrected chi connectivity index (χ3v) is 10.3. The minimum absolute atomic E-state index is 1.11. The van der Waals surface area contributed by atoms with Crippen LogP contribution in [0, 0.1) is 0 Å². The molecule has 0 spiro atoms. The molecule has 10 rings (SSSR count). The van der Waals surface area contributed by atoms with Gasteiger partial charge in [-0.3, -0.25) is 0 Å². The lowest BCUT2D eigenvalue weighted by atomic mass is 9.85. The van der Waals surface area contributed by atoms with Crippen LogP contribution in [0.25, 0.3) is 71.3 Å². The Bertz CT molecular complexity index is 2870. The lowest BCUT2D eigenvalue weighted by molar-refractivity contribution is 1.18. The first-order chi connectivity index (χ1) is 25.8. The molecular formula is C50H34N2. The standard InChI is InChI=1S/C50H34N2/c1-5-17-35(18-6-1)49-42-26-13-14-27-43(42)50(36-19-7-2-8-20-36)46-34-39(29-31-44(46)49)51(37-21-9-3-10-22-37)40-30-32-48-45(33-40)41-25-15-16-28-47(41)52(48)38-23-11-4-12-24-38/h1-34H. The zero-order valence-electron chi connectivity index (χ0n) is 28.5. The van der Waals surface area contributed by atoms with Crippen LogP contribution in [-0.4, -0.2) is 4.57 Å². The highest BCUT2D eigenvalue weighted by Gasteiger charge is 2.21. The van der Waals surface area contributed by atoms with E-state index in [1.165, 1.54) is 65.6 Å². The molecule has 0 N–H and O–H groups in total. The molecule has 0 aliphatic heterocycles. The second-order valence-corrected chi connectivity index (χ2v) is 13.3. The third kappa shape index (κ3) is 4.88. The highest BCUT2D eigenvalue weighted by atomic mass is 15.1. The molecule has 0 saturated carbocycles. The lowest BCUT2D eigenvalue weighted by Crippen LogP contribution is -2.10. The Morgan fingerprint density at radius 1 is 0.288 bits per heavy atom. The summed E-state index contributed by atoms with van der Waals surface area (Å²) in [5.74, 6) is 0. The van der Waals surface area contributed by atoms with Crippen LogP contribution >= 0.6 is 0 Å². The van der Waals surface area contributed by atoms with Gasteiger partial charge in [0.1, 0.15) is 0 Å². The molecule has 0 saturated heterocycles. The van der Waals surface area contributed by atoms with E-state index in [2.05, 4.69) is 216 Å². The maximum Gasteiger partial charge on any atom is 0.0542 e. The van der Waals surface area contributed by atoms with E-state index in [0.29, 0.717) is 0 Å². The molecule has 10 aromatic rings. The average molecular weight is 663 g/mol. The van der Waals surface area contributed by atoms with Crippen molar-refractivity contribution in [2.24, 2.45) is 0 Å². The Morgan fingerprint density at radius 3 is 1.37 bits per heavy atom. The van der Waals surface area contributed by atoms with E-state index in [1.807, 2.05) is 0 Å². The van der Waals surface area contributed by atoms with Gasteiger partial charge in [0.15, 0.2) is 0 Å². The highest BCUT2D eigenvalue weighted by Crippen LogP contribution is 2.47. The van der Waals surface area contributed by atoms with E-state index in [4.69, 9.17) is 0 Å². The smallest absolute Gasteiger partial charge is 0.0542 e. The first-order valence-corrected chi connectivity index (χ1v) is 17.9. The Balaban J connectivity index is 1.26. The van der Waals surface area contributed by atoms with Crippen molar-refractivity contribution in [1.82, 2.24) is 4.57 Å². The quantitative estimate of drug-likeness (QED) is 0.161. The van der Waals surface area contributed by atoms with Crippen LogP contribution < -0.4 is 4.90 Å². The van der Waals surface area contributed by atoms with Crippen LogP contribution in [0.3, 0.4) is 0 Å². The maximum absolute atomic E-state index is 2.40. The van der Waals surface area contributed by atoms with E-state index < -0.39 is 0 Å². The third-order valence-electron chi connectivity index (χ3n) is 10.3. The topological polar surface area (TPSA) is 8.17 Å². The Kier molecular flexibility index (Phi) is 7.18. The maximum atomic E-state index is 2.40. The zero-order chi connectivity index (χ0) is 34.4. The molecule has 52 heavy (non-hydrogen) atoms. The molecule has 0 fully saturated rings. The van der Waals surface area contributed by atoms with Gasteiger partial charge >= 0.3 is 0 Å². The van der Waals surface area contributed by atoms with Crippen molar-refractivity contribution in [1.29, 1.82) is 0 Å². The van der Waals surface area contributed by atoms with Crippen LogP contribution in [0.1, 0.15) is 0 Å². The van der Waals surface area contributed by atoms with Crippen molar-refractivity contribution in [3.63, 3.8) is 0 Å². The Hall–Kier alpha value is -6.90. The SMILES string of the molecule is c1ccc(-c2c3ccccc3c(-c3ccccc3)c3cc(N(c4ccccc4)c4ccc5c(c4)c4ccccc4n5-c4ccccc4)ccc23)cc1. The van der Waals surface area contributed by atoms with Gasteiger partial charge < -0.3 is 9.47 Å². The van der Waals surface area contributed by atoms with Crippen molar-refractivity contribution in [3.8, 4) is 27.9 Å². The Labute approximate surface area is 303 Å². The van der Waals surface area contributed by atoms with Crippen molar-refractivity contribution in [3.05, 3.63) is 206 Å². The molecule has 0 bridgehead atoms. The molecule has 1 aromatic heterocycles. The van der Waals surface area contributed by atoms with Gasteiger partial charge in [0, 0.05) is 33.5 Å². The minimum atomic E-state index is 1.11. The summed E-state index contributed by atoms with van der Waals surface area (Å²) < 4.78 is 2.37. The van der Waals surface area contributed by atoms with Gasteiger partial charge in [0.25, 0.3) is 0 Å². The number of hydrogen-bond acceptors (Lipinski definition) is 1. The number of anilines is 3. The second kappa shape index (κ2) is 12.5. The molecule has 0 aliphatic carbocycles. The second-order valence-electron chi connectivity index (χ2n) is 13.3. The summed E-state index contributed by atoms with van der Waals surface area (Å²) >= 11 is 0. The van der Waals surface area contributed by atoms with Gasteiger partial charge in [0.2, 0.25) is 0 Å². The first-order valence-electron chi connectivity index (χ1n) is 17.9. The zero-order valence-corrected chi connectivity index (χ0v) is 28.5. The van der Waals surface area contributed by atoms with E-state index in [9.17, 15) is 0 Å². The summed E-state index contributed by atoms with van der Waals surface area (Å²) in [7, 11) is 0. The number of nitrogens with zero attached hydrogens (tertiary/aromatic N) is 2. The molecule has 2 nitrogen and oxygen atoms in total. The molecular weight excluding hydrogens is 629 g/mol. The van der Waals surface area contributed by atoms with E-state index in [-0.39, 0.29) is 0 Å². The normalized spacial score (nSPS) is 11.5. The predicted molar refractivity (Wildman–Crippen MR) is 221 cm³/mol. The fraction of sp³-hybridized carbons (Fsp3) is 0. The monoisotopic (exact) mass is 662 g/mol. The number of aromatic nitrogens is 1. The highest BCUT2D eigenvalue weighted by molar-refractivity contribution is 6.22. The molecule has 0 unspecified atom stereocenters. The van der Waals surface area contributed by atoms with Crippen LogP contribution in [0.2, 0.25) is 0 Å². The van der Waals surface area contributed by atoms with Gasteiger partial charge in [0.05, 0.1) is 11.0 Å². The lowest BCUT2D eigenvalue weighted by Gasteiger charge is -2.27. The van der Waals surface area contributed by atoms with Crippen LogP contribution in [-0.2, 0) is 0 Å². The molecule has 0 amide bonds. The molecule has 2 heteroatoms. The summed E-state index contributed by atoms with van der Waals surface area (Å²) in [4.78, 5) is 2.40. The largest absolute Gasteiger partial charge is 0.310 e. The summed E-state index contributed by atoms with van der Waals surface area (Å²) in [5.41, 5.74) is 11.8. The molecule has 0 radical (unpaired) electrons. The van der Waals surface area contributed by atoms with Crippen molar-refractivity contribution in [2.45, 2.75) is 0 Å². The van der Waals surface area contributed by atoms with Gasteiger partial charge in [-0.15, -0.1) is 0 Å². The Morgan fingerprint density at radius 2 is 0.731 bits per heavy atom. The van der Waals surface area contributed by atoms with Gasteiger partial charge in [-0.25, -0.2) is 0 Å². The fourth-order valence-corrected chi connectivity index (χ4v) is 8.12. The van der Waals surface area contributed by atoms with Gasteiger partial charge in [-0.05, 0) is 104 Å². The number of para-hydroxylation sites is 3. The molecule has 0 atom stereocenters. The van der Waals surface area contributed by atoms with Crippen LogP contribution in [0.4, 0.5) is 17.1 Å². The van der Waals surface area contributed by atoms with E-state index >= 15 is 0 Å². The number of rotatable bonds is 6. The predicted octanol–water partition coefficient (Wildman–Crippen LogP) is 13.9. The molecule has 244 valence electrons. The summed E-state index contributed by atoms with van der Waals surface area (Å²) in [6.07, 6.45) is 0. The van der Waals surface area contributed by atoms with Crippen molar-refractivity contribution < 1.29 is 0 Å². The fourth-order valence-electron chi connectivity index (χ4n) is 8.12. The van der Waals surface area contributed by atoms with Crippen LogP contribution in [0.5, 0.6) is 0 Å². The van der Waals surface area contributed by atoms with Crippen molar-refractivity contribution in [2.75, 3.05) is 4.90 Å². The summed E-state index contributed by atoms with van der Waals surface area (Å²) in [5, 5.41) is 7.43. The van der Waals surface area contributed by atoms with E-state index in [0.717, 1.165) is 22.7 Å².